The van der Waals surface area contributed by atoms with Crippen LogP contribution >= 0.6 is 0 Å². The van der Waals surface area contributed by atoms with Crippen LogP contribution in [0, 0.1) is 5.92 Å². The number of likely N-dealkylation sites (tertiary alicyclic amines) is 1. The predicted molar refractivity (Wildman–Crippen MR) is 136 cm³/mol. The molecule has 8 nitrogen and oxygen atoms in total. The third-order valence-electron chi connectivity index (χ3n) is 7.69. The molecule has 3 aromatic rings. The van der Waals surface area contributed by atoms with E-state index in [2.05, 4.69) is 21.2 Å². The maximum Gasteiger partial charge on any atom is 0.274 e. The van der Waals surface area contributed by atoms with Gasteiger partial charge in [-0.1, -0.05) is 12.1 Å². The molecular weight excluding hydrogens is 454 g/mol. The highest BCUT2D eigenvalue weighted by Gasteiger charge is 2.35. The number of H-pyrrole nitrogens is 1. The number of aryl methyl sites for hydroxylation is 1. The molecule has 2 amide bonds. The number of hydrogen-bond donors (Lipinski definition) is 1. The smallest absolute Gasteiger partial charge is 0.274 e. The van der Waals surface area contributed by atoms with Gasteiger partial charge in [-0.3, -0.25) is 19.7 Å². The minimum atomic E-state index is -0.0402. The van der Waals surface area contributed by atoms with Gasteiger partial charge in [0.25, 0.3) is 11.8 Å². The molecule has 1 aliphatic heterocycles. The van der Waals surface area contributed by atoms with Crippen molar-refractivity contribution in [1.82, 2.24) is 25.0 Å². The first-order valence-electron chi connectivity index (χ1n) is 12.7. The van der Waals surface area contributed by atoms with E-state index in [0.717, 1.165) is 54.7 Å². The molecule has 0 saturated carbocycles. The summed E-state index contributed by atoms with van der Waals surface area (Å²) in [6.07, 6.45) is 8.64. The first-order valence-corrected chi connectivity index (χ1v) is 12.7. The number of fused-ring (bicyclic) bond motifs is 1. The van der Waals surface area contributed by atoms with Crippen molar-refractivity contribution in [3.8, 4) is 5.75 Å². The standard InChI is InChI=1S/C28H33N5O3/c1-32(27(34)21-7-5-13-29-18-21)25(17-19-6-3-8-22(16-19)36-2)20-11-14-33(15-12-20)28(35)26-23-9-4-10-24(23)30-31-26/h3,5-8,13,16,18,20,25H,4,9-12,14-15,17H2,1-2H3,(H,30,31)/t25-/m1/s1. The van der Waals surface area contributed by atoms with Crippen LogP contribution in [0.5, 0.6) is 5.75 Å². The summed E-state index contributed by atoms with van der Waals surface area (Å²) in [4.78, 5) is 34.5. The van der Waals surface area contributed by atoms with E-state index in [-0.39, 0.29) is 23.8 Å². The van der Waals surface area contributed by atoms with Crippen molar-refractivity contribution in [2.75, 3.05) is 27.2 Å². The number of likely N-dealkylation sites (N-methyl/N-ethyl adjacent to an activating group) is 1. The van der Waals surface area contributed by atoms with E-state index in [1.54, 1.807) is 31.6 Å². The number of carbonyl (C=O) groups is 2. The quantitative estimate of drug-likeness (QED) is 0.551. The van der Waals surface area contributed by atoms with Crippen molar-refractivity contribution in [3.63, 3.8) is 0 Å². The summed E-state index contributed by atoms with van der Waals surface area (Å²) in [6, 6.07) is 11.6. The van der Waals surface area contributed by atoms with Crippen LogP contribution in [0.25, 0.3) is 0 Å². The first kappa shape index (κ1) is 24.0. The molecular formula is C28H33N5O3. The van der Waals surface area contributed by atoms with E-state index in [1.807, 2.05) is 35.0 Å². The summed E-state index contributed by atoms with van der Waals surface area (Å²) >= 11 is 0. The lowest BCUT2D eigenvalue weighted by Crippen LogP contribution is -2.48. The second-order valence-electron chi connectivity index (χ2n) is 9.79. The number of aromatic nitrogens is 3. The largest absolute Gasteiger partial charge is 0.497 e. The van der Waals surface area contributed by atoms with E-state index in [9.17, 15) is 9.59 Å². The Balaban J connectivity index is 1.32. The number of nitrogens with zero attached hydrogens (tertiary/aromatic N) is 4. The molecule has 1 N–H and O–H groups in total. The van der Waals surface area contributed by atoms with Crippen LogP contribution in [-0.2, 0) is 19.3 Å². The Morgan fingerprint density at radius 2 is 2.03 bits per heavy atom. The number of carbonyl (C=O) groups excluding carboxylic acids is 2. The Morgan fingerprint density at radius 1 is 1.19 bits per heavy atom. The number of aromatic amines is 1. The van der Waals surface area contributed by atoms with Gasteiger partial charge in [-0.2, -0.15) is 5.10 Å². The molecule has 2 aliphatic rings. The highest BCUT2D eigenvalue weighted by atomic mass is 16.5. The average Bonchev–Trinajstić information content (AvgIpc) is 3.56. The maximum absolute atomic E-state index is 13.4. The Kier molecular flexibility index (Phi) is 7.02. The first-order chi connectivity index (χ1) is 17.5. The molecule has 1 fully saturated rings. The molecule has 36 heavy (non-hydrogen) atoms. The zero-order chi connectivity index (χ0) is 25.1. The Morgan fingerprint density at radius 3 is 2.78 bits per heavy atom. The third-order valence-corrected chi connectivity index (χ3v) is 7.69. The lowest BCUT2D eigenvalue weighted by atomic mass is 9.84. The van der Waals surface area contributed by atoms with Gasteiger partial charge in [0.15, 0.2) is 5.69 Å². The predicted octanol–water partition coefficient (Wildman–Crippen LogP) is 3.54. The van der Waals surface area contributed by atoms with Gasteiger partial charge in [0.2, 0.25) is 0 Å². The van der Waals surface area contributed by atoms with Crippen LogP contribution in [0.1, 0.15) is 56.9 Å². The zero-order valence-electron chi connectivity index (χ0n) is 20.9. The molecule has 1 atom stereocenters. The second-order valence-corrected chi connectivity index (χ2v) is 9.79. The number of pyridine rings is 1. The molecule has 2 aromatic heterocycles. The summed E-state index contributed by atoms with van der Waals surface area (Å²) in [5, 5.41) is 7.39. The van der Waals surface area contributed by atoms with Crippen molar-refractivity contribution in [2.45, 2.75) is 44.6 Å². The van der Waals surface area contributed by atoms with Crippen LogP contribution in [0.2, 0.25) is 0 Å². The van der Waals surface area contributed by atoms with Gasteiger partial charge < -0.3 is 14.5 Å². The Hall–Kier alpha value is -3.68. The van der Waals surface area contributed by atoms with Crippen LogP contribution in [-0.4, -0.2) is 70.1 Å². The fraction of sp³-hybridized carbons (Fsp3) is 0.429. The molecule has 0 unspecified atom stereocenters. The van der Waals surface area contributed by atoms with Gasteiger partial charge in [-0.05, 0) is 74.3 Å². The van der Waals surface area contributed by atoms with Gasteiger partial charge in [0.05, 0.1) is 12.7 Å². The zero-order valence-corrected chi connectivity index (χ0v) is 20.9. The Bertz CT molecular complexity index is 1220. The van der Waals surface area contributed by atoms with E-state index >= 15 is 0 Å². The SMILES string of the molecule is COc1cccc(C[C@H](C2CCN(C(=O)c3n[nH]c4c3CCC4)CC2)N(C)C(=O)c2cccnc2)c1. The van der Waals surface area contributed by atoms with Gasteiger partial charge in [0.1, 0.15) is 5.75 Å². The third kappa shape index (κ3) is 4.85. The number of ether oxygens (including phenoxy) is 1. The van der Waals surface area contributed by atoms with Crippen LogP contribution in [0.4, 0.5) is 0 Å². The van der Waals surface area contributed by atoms with Crippen molar-refractivity contribution >= 4 is 11.8 Å². The Labute approximate surface area is 211 Å². The normalized spacial score (nSPS) is 16.4. The van der Waals surface area contributed by atoms with Crippen molar-refractivity contribution in [3.05, 3.63) is 76.9 Å². The molecule has 1 aromatic carbocycles. The van der Waals surface area contributed by atoms with E-state index < -0.39 is 0 Å². The van der Waals surface area contributed by atoms with Gasteiger partial charge in [0, 0.05) is 49.8 Å². The molecule has 188 valence electrons. The fourth-order valence-corrected chi connectivity index (χ4v) is 5.64. The summed E-state index contributed by atoms with van der Waals surface area (Å²) in [6.45, 7) is 1.32. The lowest BCUT2D eigenvalue weighted by Gasteiger charge is -2.40. The number of hydrogen-bond acceptors (Lipinski definition) is 5. The maximum atomic E-state index is 13.4. The average molecular weight is 488 g/mol. The minimum absolute atomic E-state index is 0.0169. The van der Waals surface area contributed by atoms with Gasteiger partial charge in [-0.15, -0.1) is 0 Å². The summed E-state index contributed by atoms with van der Waals surface area (Å²) in [7, 11) is 3.54. The van der Waals surface area contributed by atoms with Crippen LogP contribution < -0.4 is 4.74 Å². The highest BCUT2D eigenvalue weighted by molar-refractivity contribution is 5.94. The van der Waals surface area contributed by atoms with Crippen molar-refractivity contribution in [2.24, 2.45) is 5.92 Å². The summed E-state index contributed by atoms with van der Waals surface area (Å²) < 4.78 is 5.43. The number of piperidine rings is 1. The highest BCUT2D eigenvalue weighted by Crippen LogP contribution is 2.30. The van der Waals surface area contributed by atoms with Crippen LogP contribution in [0.15, 0.2) is 48.8 Å². The molecule has 0 bridgehead atoms. The molecule has 8 heteroatoms. The van der Waals surface area contributed by atoms with E-state index in [0.29, 0.717) is 30.8 Å². The van der Waals surface area contributed by atoms with Crippen LogP contribution in [0.3, 0.4) is 0 Å². The molecule has 3 heterocycles. The molecule has 5 rings (SSSR count). The van der Waals surface area contributed by atoms with Gasteiger partial charge in [-0.25, -0.2) is 0 Å². The van der Waals surface area contributed by atoms with Gasteiger partial charge >= 0.3 is 0 Å². The molecule has 0 radical (unpaired) electrons. The number of amides is 2. The number of benzene rings is 1. The number of nitrogens with one attached hydrogen (secondary N) is 1. The second kappa shape index (κ2) is 10.5. The lowest BCUT2D eigenvalue weighted by molar-refractivity contribution is 0.0519. The number of rotatable bonds is 7. The van der Waals surface area contributed by atoms with Crippen molar-refractivity contribution in [1.29, 1.82) is 0 Å². The van der Waals surface area contributed by atoms with Crippen molar-refractivity contribution < 1.29 is 14.3 Å². The minimum Gasteiger partial charge on any atom is -0.497 e. The monoisotopic (exact) mass is 487 g/mol. The molecule has 1 saturated heterocycles. The van der Waals surface area contributed by atoms with E-state index in [1.165, 1.54) is 0 Å². The van der Waals surface area contributed by atoms with E-state index in [4.69, 9.17) is 4.74 Å². The topological polar surface area (TPSA) is 91.4 Å². The fourth-order valence-electron chi connectivity index (χ4n) is 5.64. The summed E-state index contributed by atoms with van der Waals surface area (Å²) in [5.41, 5.74) is 4.51. The number of methoxy groups -OCH3 is 1. The molecule has 0 spiro atoms. The summed E-state index contributed by atoms with van der Waals surface area (Å²) in [5.74, 6) is 1.05. The molecule has 1 aliphatic carbocycles.